The van der Waals surface area contributed by atoms with Gasteiger partial charge in [0, 0.05) is 40.9 Å². The molecule has 0 aliphatic carbocycles. The first kappa shape index (κ1) is 24.2. The molecule has 1 atom stereocenters. The highest BCUT2D eigenvalue weighted by atomic mass is 35.5. The van der Waals surface area contributed by atoms with Crippen LogP contribution in [0, 0.1) is 0 Å². The molecule has 0 bridgehead atoms. The maximum Gasteiger partial charge on any atom is 0.245 e. The lowest BCUT2D eigenvalue weighted by Crippen LogP contribution is -2.24. The molecule has 1 aliphatic heterocycles. The summed E-state index contributed by atoms with van der Waals surface area (Å²) in [7, 11) is 0. The van der Waals surface area contributed by atoms with Crippen molar-refractivity contribution in [1.29, 1.82) is 0 Å². The fourth-order valence-corrected chi connectivity index (χ4v) is 5.30. The first-order valence-electron chi connectivity index (χ1n) is 11.9. The van der Waals surface area contributed by atoms with E-state index >= 15 is 0 Å². The molecule has 1 aliphatic rings. The summed E-state index contributed by atoms with van der Waals surface area (Å²) in [6.45, 7) is 2.66. The van der Waals surface area contributed by atoms with E-state index in [1.54, 1.807) is 12.1 Å². The zero-order chi connectivity index (χ0) is 25.4. The van der Waals surface area contributed by atoms with Crippen molar-refractivity contribution in [2.75, 3.05) is 13.1 Å². The molecule has 5 aromatic rings. The molecular weight excluding hydrogens is 529 g/mol. The van der Waals surface area contributed by atoms with E-state index in [-0.39, 0.29) is 6.10 Å². The average molecular weight is 551 g/mol. The summed E-state index contributed by atoms with van der Waals surface area (Å²) in [6.07, 6.45) is 2.42. The third-order valence-electron chi connectivity index (χ3n) is 6.42. The molecule has 1 saturated heterocycles. The number of hydrogen-bond donors (Lipinski definition) is 0. The van der Waals surface area contributed by atoms with E-state index in [1.807, 2.05) is 41.0 Å². The van der Waals surface area contributed by atoms with Gasteiger partial charge in [0.15, 0.2) is 11.2 Å². The number of hydrogen-bond acceptors (Lipinski definition) is 5. The van der Waals surface area contributed by atoms with Gasteiger partial charge in [-0.05, 0) is 54.4 Å². The van der Waals surface area contributed by atoms with Crippen LogP contribution in [0.2, 0.25) is 15.1 Å². The lowest BCUT2D eigenvalue weighted by atomic mass is 10.2. The van der Waals surface area contributed by atoms with E-state index in [0.717, 1.165) is 37.3 Å². The van der Waals surface area contributed by atoms with Crippen LogP contribution >= 0.6 is 34.8 Å². The second-order valence-electron chi connectivity index (χ2n) is 8.97. The average Bonchev–Trinajstić information content (AvgIpc) is 3.50. The maximum atomic E-state index is 6.60. The molecule has 6 nitrogen and oxygen atoms in total. The summed E-state index contributed by atoms with van der Waals surface area (Å²) in [4.78, 5) is 16.4. The van der Waals surface area contributed by atoms with Crippen LogP contribution in [-0.4, -0.2) is 43.6 Å². The lowest BCUT2D eigenvalue weighted by Gasteiger charge is -2.16. The number of imidazole rings is 1. The van der Waals surface area contributed by atoms with Gasteiger partial charge in [-0.2, -0.15) is 4.98 Å². The Morgan fingerprint density at radius 2 is 1.68 bits per heavy atom. The van der Waals surface area contributed by atoms with E-state index in [0.29, 0.717) is 37.9 Å². The second kappa shape index (κ2) is 10.3. The number of aromatic nitrogens is 4. The van der Waals surface area contributed by atoms with Crippen molar-refractivity contribution in [3.8, 4) is 23.0 Å². The van der Waals surface area contributed by atoms with Crippen molar-refractivity contribution in [1.82, 2.24) is 24.4 Å². The van der Waals surface area contributed by atoms with E-state index in [9.17, 15) is 0 Å². The number of rotatable bonds is 6. The smallest absolute Gasteiger partial charge is 0.245 e. The topological polar surface area (TPSA) is 56.1 Å². The van der Waals surface area contributed by atoms with Gasteiger partial charge in [-0.1, -0.05) is 65.1 Å². The SMILES string of the molecule is Clc1ccc(-n2c(-c3ccc(Cl)cc3Cl)nc3c(OC4CCN(Cc5ccccc5)C4)ncnc32)cc1. The van der Waals surface area contributed by atoms with Crippen molar-refractivity contribution in [2.45, 2.75) is 19.1 Å². The summed E-state index contributed by atoms with van der Waals surface area (Å²) in [6, 6.07) is 23.3. The summed E-state index contributed by atoms with van der Waals surface area (Å²) in [5.74, 6) is 1.07. The van der Waals surface area contributed by atoms with Crippen molar-refractivity contribution in [3.05, 3.63) is 99.8 Å². The quantitative estimate of drug-likeness (QED) is 0.226. The van der Waals surface area contributed by atoms with Crippen molar-refractivity contribution in [2.24, 2.45) is 0 Å². The molecule has 186 valence electrons. The van der Waals surface area contributed by atoms with Gasteiger partial charge in [0.1, 0.15) is 18.3 Å². The van der Waals surface area contributed by atoms with Crippen LogP contribution in [0.3, 0.4) is 0 Å². The van der Waals surface area contributed by atoms with Crippen molar-refractivity contribution < 1.29 is 4.74 Å². The minimum atomic E-state index is 0.00469. The molecule has 0 amide bonds. The molecule has 2 aromatic heterocycles. The molecule has 3 aromatic carbocycles. The van der Waals surface area contributed by atoms with Crippen molar-refractivity contribution >= 4 is 46.0 Å². The predicted octanol–water partition coefficient (Wildman–Crippen LogP) is 7.10. The van der Waals surface area contributed by atoms with Gasteiger partial charge in [-0.3, -0.25) is 9.47 Å². The van der Waals surface area contributed by atoms with Gasteiger partial charge < -0.3 is 4.74 Å². The molecule has 0 saturated carbocycles. The van der Waals surface area contributed by atoms with Gasteiger partial charge in [0.2, 0.25) is 5.88 Å². The monoisotopic (exact) mass is 549 g/mol. The lowest BCUT2D eigenvalue weighted by molar-refractivity contribution is 0.193. The van der Waals surface area contributed by atoms with Crippen LogP contribution < -0.4 is 4.74 Å². The van der Waals surface area contributed by atoms with E-state index in [4.69, 9.17) is 44.5 Å². The first-order chi connectivity index (χ1) is 18.0. The summed E-state index contributed by atoms with van der Waals surface area (Å²) < 4.78 is 8.36. The molecule has 9 heteroatoms. The minimum absolute atomic E-state index is 0.00469. The number of likely N-dealkylation sites (tertiary alicyclic amines) is 1. The zero-order valence-electron chi connectivity index (χ0n) is 19.7. The molecule has 3 heterocycles. The molecule has 6 rings (SSSR count). The maximum absolute atomic E-state index is 6.60. The molecule has 37 heavy (non-hydrogen) atoms. The molecule has 1 unspecified atom stereocenters. The Labute approximate surface area is 229 Å². The highest BCUT2D eigenvalue weighted by Crippen LogP contribution is 2.36. The van der Waals surface area contributed by atoms with Crippen LogP contribution in [0.4, 0.5) is 0 Å². The largest absolute Gasteiger partial charge is 0.471 e. The Kier molecular flexibility index (Phi) is 6.74. The zero-order valence-corrected chi connectivity index (χ0v) is 22.0. The van der Waals surface area contributed by atoms with Crippen LogP contribution in [0.25, 0.3) is 28.2 Å². The number of nitrogens with zero attached hydrogens (tertiary/aromatic N) is 5. The summed E-state index contributed by atoms with van der Waals surface area (Å²) in [5, 5.41) is 1.67. The number of halogens is 3. The van der Waals surface area contributed by atoms with Gasteiger partial charge in [0.25, 0.3) is 0 Å². The fraction of sp³-hybridized carbons (Fsp3) is 0.179. The summed E-state index contributed by atoms with van der Waals surface area (Å²) in [5.41, 5.74) is 4.04. The van der Waals surface area contributed by atoms with Crippen LogP contribution in [-0.2, 0) is 6.54 Å². The third-order valence-corrected chi connectivity index (χ3v) is 7.22. The highest BCUT2D eigenvalue weighted by molar-refractivity contribution is 6.36. The van der Waals surface area contributed by atoms with Gasteiger partial charge >= 0.3 is 0 Å². The Bertz CT molecular complexity index is 1560. The van der Waals surface area contributed by atoms with Crippen LogP contribution in [0.1, 0.15) is 12.0 Å². The van der Waals surface area contributed by atoms with Crippen molar-refractivity contribution in [3.63, 3.8) is 0 Å². The van der Waals surface area contributed by atoms with Crippen LogP contribution in [0.5, 0.6) is 5.88 Å². The van der Waals surface area contributed by atoms with Crippen LogP contribution in [0.15, 0.2) is 79.1 Å². The van der Waals surface area contributed by atoms with E-state index in [2.05, 4.69) is 39.1 Å². The predicted molar refractivity (Wildman–Crippen MR) is 148 cm³/mol. The normalized spacial score (nSPS) is 15.9. The second-order valence-corrected chi connectivity index (χ2v) is 10.3. The fourth-order valence-electron chi connectivity index (χ4n) is 4.68. The summed E-state index contributed by atoms with van der Waals surface area (Å²) >= 11 is 18.9. The Balaban J connectivity index is 1.37. The number of ether oxygens (including phenoxy) is 1. The van der Waals surface area contributed by atoms with Gasteiger partial charge in [0.05, 0.1) is 5.02 Å². The number of fused-ring (bicyclic) bond motifs is 1. The molecular formula is C28H22Cl3N5O. The minimum Gasteiger partial charge on any atom is -0.471 e. The Morgan fingerprint density at radius 3 is 2.46 bits per heavy atom. The Morgan fingerprint density at radius 1 is 0.892 bits per heavy atom. The van der Waals surface area contributed by atoms with Gasteiger partial charge in [-0.25, -0.2) is 9.97 Å². The molecule has 0 spiro atoms. The Hall–Kier alpha value is -3.16. The standard InChI is InChI=1S/C28H22Cl3N5O/c29-19-6-9-21(10-7-19)36-26(23-11-8-20(30)14-24(23)31)34-25-27(36)32-17-33-28(25)37-22-12-13-35(16-22)15-18-4-2-1-3-5-18/h1-11,14,17,22H,12-13,15-16H2. The van der Waals surface area contributed by atoms with E-state index in [1.165, 1.54) is 11.9 Å². The van der Waals surface area contributed by atoms with Gasteiger partial charge in [-0.15, -0.1) is 0 Å². The molecule has 1 fully saturated rings. The first-order valence-corrected chi connectivity index (χ1v) is 13.1. The molecule has 0 radical (unpaired) electrons. The molecule has 0 N–H and O–H groups in total. The third kappa shape index (κ3) is 5.03. The van der Waals surface area contributed by atoms with E-state index < -0.39 is 0 Å². The number of benzene rings is 3. The highest BCUT2D eigenvalue weighted by Gasteiger charge is 2.27.